The van der Waals surface area contributed by atoms with Gasteiger partial charge in [-0.2, -0.15) is 0 Å². The molecule has 6 nitrogen and oxygen atoms in total. The van der Waals surface area contributed by atoms with Crippen LogP contribution in [0.3, 0.4) is 0 Å². The zero-order chi connectivity index (χ0) is 19.1. The fourth-order valence-electron chi connectivity index (χ4n) is 3.72. The molecule has 0 unspecified atom stereocenters. The summed E-state index contributed by atoms with van der Waals surface area (Å²) in [7, 11) is 0. The number of hydrogen-bond donors (Lipinski definition) is 1. The molecule has 1 aliphatic heterocycles. The van der Waals surface area contributed by atoms with Gasteiger partial charge in [0.2, 0.25) is 0 Å². The minimum Gasteiger partial charge on any atom is -0.392 e. The molecule has 0 aliphatic carbocycles. The van der Waals surface area contributed by atoms with Crippen LogP contribution in [0.15, 0.2) is 28.9 Å². The first-order valence-corrected chi connectivity index (χ1v) is 9.40. The van der Waals surface area contributed by atoms with Crippen molar-refractivity contribution in [1.29, 1.82) is 0 Å². The number of aliphatic hydroxyl groups is 1. The number of aryl methyl sites for hydroxylation is 1. The summed E-state index contributed by atoms with van der Waals surface area (Å²) in [4.78, 5) is 6.48. The van der Waals surface area contributed by atoms with Crippen LogP contribution in [0.1, 0.15) is 25.1 Å². The molecule has 4 rings (SSSR count). The van der Waals surface area contributed by atoms with Gasteiger partial charge in [-0.25, -0.2) is 0 Å². The smallest absolute Gasteiger partial charge is 0.188 e. The summed E-state index contributed by atoms with van der Waals surface area (Å²) in [6.45, 7) is 7.27. The Morgan fingerprint density at radius 3 is 2.63 bits per heavy atom. The van der Waals surface area contributed by atoms with E-state index < -0.39 is 0 Å². The summed E-state index contributed by atoms with van der Waals surface area (Å²) in [5.74, 6) is 0. The Balaban J connectivity index is 1.85. The molecule has 0 spiro atoms. The van der Waals surface area contributed by atoms with E-state index in [9.17, 15) is 5.11 Å². The number of fused-ring (bicyclic) bond motifs is 1. The number of morpholine rings is 1. The molecule has 3 heterocycles. The number of aliphatic hydroxyl groups excluding tert-OH is 1. The zero-order valence-electron chi connectivity index (χ0n) is 15.6. The monoisotopic (exact) mass is 387 g/mol. The van der Waals surface area contributed by atoms with Gasteiger partial charge in [0.05, 0.1) is 29.9 Å². The predicted molar refractivity (Wildman–Crippen MR) is 105 cm³/mol. The maximum atomic E-state index is 10.0. The van der Waals surface area contributed by atoms with Gasteiger partial charge < -0.3 is 19.3 Å². The van der Waals surface area contributed by atoms with Crippen LogP contribution in [0, 0.1) is 6.92 Å². The third-order valence-electron chi connectivity index (χ3n) is 4.85. The molecule has 27 heavy (non-hydrogen) atoms. The molecule has 142 valence electrons. The average molecular weight is 388 g/mol. The summed E-state index contributed by atoms with van der Waals surface area (Å²) < 4.78 is 11.4. The lowest BCUT2D eigenvalue weighted by atomic mass is 10.0. The molecular weight excluding hydrogens is 366 g/mol. The highest BCUT2D eigenvalue weighted by atomic mass is 35.5. The van der Waals surface area contributed by atoms with Gasteiger partial charge in [0.15, 0.2) is 5.58 Å². The minimum absolute atomic E-state index is 0.0796. The largest absolute Gasteiger partial charge is 0.392 e. The van der Waals surface area contributed by atoms with Gasteiger partial charge in [0.1, 0.15) is 10.7 Å². The fraction of sp³-hybridized carbons (Fsp3) is 0.400. The second-order valence-electron chi connectivity index (χ2n) is 7.11. The molecule has 0 saturated carbocycles. The summed E-state index contributed by atoms with van der Waals surface area (Å²) in [5.41, 5.74) is 4.51. The number of benzene rings is 1. The third kappa shape index (κ3) is 3.29. The third-order valence-corrected chi connectivity index (χ3v) is 5.20. The van der Waals surface area contributed by atoms with Crippen molar-refractivity contribution in [3.8, 4) is 11.3 Å². The summed E-state index contributed by atoms with van der Waals surface area (Å²) in [6, 6.07) is 5.79. The Morgan fingerprint density at radius 1 is 1.26 bits per heavy atom. The normalized spacial score (nSPS) is 20.4. The minimum atomic E-state index is -0.123. The van der Waals surface area contributed by atoms with Crippen molar-refractivity contribution in [3.05, 3.63) is 40.7 Å². The van der Waals surface area contributed by atoms with Crippen LogP contribution in [0.5, 0.6) is 0 Å². The van der Waals surface area contributed by atoms with E-state index in [0.29, 0.717) is 29.4 Å². The highest BCUT2D eigenvalue weighted by Crippen LogP contribution is 2.41. The van der Waals surface area contributed by atoms with Crippen molar-refractivity contribution in [1.82, 2.24) is 10.1 Å². The van der Waals surface area contributed by atoms with Gasteiger partial charge in [-0.05, 0) is 39.0 Å². The van der Waals surface area contributed by atoms with Crippen LogP contribution in [-0.2, 0) is 11.3 Å². The van der Waals surface area contributed by atoms with E-state index in [2.05, 4.69) is 15.0 Å². The Morgan fingerprint density at radius 2 is 2.00 bits per heavy atom. The lowest BCUT2D eigenvalue weighted by Gasteiger charge is -2.38. The van der Waals surface area contributed by atoms with E-state index in [1.165, 1.54) is 0 Å². The molecule has 2 atom stereocenters. The van der Waals surface area contributed by atoms with Crippen molar-refractivity contribution < 1.29 is 14.4 Å². The lowest BCUT2D eigenvalue weighted by Crippen LogP contribution is -2.46. The molecular formula is C20H22ClN3O3. The summed E-state index contributed by atoms with van der Waals surface area (Å²) in [6.07, 6.45) is 1.92. The average Bonchev–Trinajstić information content (AvgIpc) is 3.05. The van der Waals surface area contributed by atoms with Crippen molar-refractivity contribution >= 4 is 28.3 Å². The van der Waals surface area contributed by atoms with Crippen LogP contribution >= 0.6 is 11.6 Å². The number of pyridine rings is 1. The van der Waals surface area contributed by atoms with Crippen molar-refractivity contribution in [2.24, 2.45) is 0 Å². The van der Waals surface area contributed by atoms with Gasteiger partial charge in [-0.3, -0.25) is 4.98 Å². The molecule has 1 aliphatic rings. The second-order valence-corrected chi connectivity index (χ2v) is 7.49. The second kappa shape index (κ2) is 7.11. The van der Waals surface area contributed by atoms with Gasteiger partial charge in [0.25, 0.3) is 0 Å². The maximum Gasteiger partial charge on any atom is 0.188 e. The molecule has 0 bridgehead atoms. The van der Waals surface area contributed by atoms with E-state index in [1.54, 1.807) is 6.20 Å². The fourth-order valence-corrected chi connectivity index (χ4v) is 4.10. The standard InChI is InChI=1S/C20H22ClN3O3/c1-11-4-5-14(7-22-11)18-16-6-15(10-25)19(17(21)20(16)27-23-18)24-8-12(2)26-13(3)9-24/h4-7,12-13,25H,8-10H2,1-3H3/t12-,13+. The van der Waals surface area contributed by atoms with Crippen LogP contribution in [-0.4, -0.2) is 40.5 Å². The van der Waals surface area contributed by atoms with Gasteiger partial charge >= 0.3 is 0 Å². The molecule has 0 radical (unpaired) electrons. The first-order valence-electron chi connectivity index (χ1n) is 9.03. The van der Waals surface area contributed by atoms with E-state index in [-0.39, 0.29) is 18.8 Å². The molecule has 0 amide bonds. The quantitative estimate of drug-likeness (QED) is 0.733. The molecule has 3 aromatic rings. The first kappa shape index (κ1) is 18.2. The van der Waals surface area contributed by atoms with Crippen molar-refractivity contribution in [2.75, 3.05) is 18.0 Å². The predicted octanol–water partition coefficient (Wildman–Crippen LogP) is 3.96. The molecule has 1 saturated heterocycles. The molecule has 7 heteroatoms. The zero-order valence-corrected chi connectivity index (χ0v) is 16.3. The van der Waals surface area contributed by atoms with Gasteiger partial charge in [-0.15, -0.1) is 0 Å². The van der Waals surface area contributed by atoms with Crippen molar-refractivity contribution in [3.63, 3.8) is 0 Å². The van der Waals surface area contributed by atoms with Gasteiger partial charge in [-0.1, -0.05) is 16.8 Å². The Hall–Kier alpha value is -2.15. The van der Waals surface area contributed by atoms with E-state index >= 15 is 0 Å². The lowest BCUT2D eigenvalue weighted by molar-refractivity contribution is -0.00531. The highest BCUT2D eigenvalue weighted by Gasteiger charge is 2.28. The van der Waals surface area contributed by atoms with E-state index in [0.717, 1.165) is 27.9 Å². The van der Waals surface area contributed by atoms with Crippen LogP contribution in [0.4, 0.5) is 5.69 Å². The van der Waals surface area contributed by atoms with Crippen LogP contribution in [0.2, 0.25) is 5.02 Å². The number of aromatic nitrogens is 2. The van der Waals surface area contributed by atoms with Crippen LogP contribution in [0.25, 0.3) is 22.2 Å². The number of anilines is 1. The molecule has 1 aromatic carbocycles. The molecule has 1 fully saturated rings. The number of halogens is 1. The highest BCUT2D eigenvalue weighted by molar-refractivity contribution is 6.38. The van der Waals surface area contributed by atoms with Crippen LogP contribution < -0.4 is 4.90 Å². The van der Waals surface area contributed by atoms with E-state index in [4.69, 9.17) is 20.9 Å². The number of rotatable bonds is 3. The Labute approximate surface area is 162 Å². The molecule has 2 aromatic heterocycles. The van der Waals surface area contributed by atoms with E-state index in [1.807, 2.05) is 39.0 Å². The van der Waals surface area contributed by atoms with Crippen molar-refractivity contribution in [2.45, 2.75) is 39.6 Å². The number of nitrogens with zero attached hydrogens (tertiary/aromatic N) is 3. The topological polar surface area (TPSA) is 71.6 Å². The Bertz CT molecular complexity index is 961. The summed E-state index contributed by atoms with van der Waals surface area (Å²) in [5, 5.41) is 15.5. The molecule has 1 N–H and O–H groups in total. The maximum absolute atomic E-state index is 10.0. The number of ether oxygens (including phenoxy) is 1. The van der Waals surface area contributed by atoms with Gasteiger partial charge in [0, 0.05) is 36.1 Å². The Kier molecular flexibility index (Phi) is 4.80. The SMILES string of the molecule is Cc1ccc(-c2noc3c(Cl)c(N4C[C@@H](C)O[C@@H](C)C4)c(CO)cc23)cn1. The first-order chi connectivity index (χ1) is 13.0. The summed E-state index contributed by atoms with van der Waals surface area (Å²) >= 11 is 6.74. The number of hydrogen-bond acceptors (Lipinski definition) is 6.